The monoisotopic (exact) mass is 386 g/mol. The van der Waals surface area contributed by atoms with Gasteiger partial charge in [0.05, 0.1) is 13.2 Å². The zero-order chi connectivity index (χ0) is 19.2. The first-order chi connectivity index (χ1) is 13.4. The molecule has 0 aromatic heterocycles. The molecule has 2 spiro atoms. The van der Waals surface area contributed by atoms with Crippen molar-refractivity contribution in [2.24, 2.45) is 28.6 Å². The van der Waals surface area contributed by atoms with Crippen LogP contribution in [0.5, 0.6) is 0 Å². The summed E-state index contributed by atoms with van der Waals surface area (Å²) in [5, 5.41) is 0. The number of hydrogen-bond donors (Lipinski definition) is 0. The molecule has 4 nitrogen and oxygen atoms in total. The molecule has 6 atom stereocenters. The van der Waals surface area contributed by atoms with Gasteiger partial charge in [-0.2, -0.15) is 0 Å². The molecule has 5 fully saturated rings. The minimum atomic E-state index is -0.323. The van der Waals surface area contributed by atoms with Crippen LogP contribution in [0.4, 0.5) is 0 Å². The normalized spacial score (nSPS) is 51.6. The largest absolute Gasteiger partial charge is 0.458 e. The van der Waals surface area contributed by atoms with Crippen LogP contribution in [-0.4, -0.2) is 30.6 Å². The summed E-state index contributed by atoms with van der Waals surface area (Å²) in [5.41, 5.74) is 1.92. The van der Waals surface area contributed by atoms with Crippen molar-refractivity contribution < 1.29 is 19.0 Å². The molecule has 3 unspecified atom stereocenters. The van der Waals surface area contributed by atoms with E-state index in [2.05, 4.69) is 19.9 Å². The summed E-state index contributed by atoms with van der Waals surface area (Å²) in [6.45, 7) is 6.48. The van der Waals surface area contributed by atoms with Gasteiger partial charge in [-0.1, -0.05) is 25.5 Å². The zero-order valence-corrected chi connectivity index (χ0v) is 17.4. The van der Waals surface area contributed by atoms with E-state index in [4.69, 9.17) is 14.2 Å². The summed E-state index contributed by atoms with van der Waals surface area (Å²) < 4.78 is 18.2. The van der Waals surface area contributed by atoms with E-state index in [0.29, 0.717) is 17.8 Å². The Hall–Kier alpha value is -0.870. The quantitative estimate of drug-likeness (QED) is 0.444. The van der Waals surface area contributed by atoms with E-state index in [1.165, 1.54) is 32.1 Å². The van der Waals surface area contributed by atoms with Gasteiger partial charge in [-0.25, -0.2) is 0 Å². The molecule has 6 rings (SSSR count). The van der Waals surface area contributed by atoms with Crippen LogP contribution in [-0.2, 0) is 19.0 Å². The molecule has 0 radical (unpaired) electrons. The minimum Gasteiger partial charge on any atom is -0.458 e. The van der Waals surface area contributed by atoms with E-state index in [1.54, 1.807) is 5.57 Å². The van der Waals surface area contributed by atoms with Gasteiger partial charge in [0.2, 0.25) is 0 Å². The van der Waals surface area contributed by atoms with Gasteiger partial charge in [0.15, 0.2) is 5.79 Å². The van der Waals surface area contributed by atoms with E-state index >= 15 is 0 Å². The van der Waals surface area contributed by atoms with E-state index in [1.807, 2.05) is 0 Å². The Morgan fingerprint density at radius 1 is 0.964 bits per heavy atom. The zero-order valence-electron chi connectivity index (χ0n) is 17.4. The van der Waals surface area contributed by atoms with Crippen LogP contribution >= 0.6 is 0 Å². The maximum absolute atomic E-state index is 12.0. The molecule has 3 saturated carbocycles. The summed E-state index contributed by atoms with van der Waals surface area (Å²) in [5.74, 6) is 1.91. The van der Waals surface area contributed by atoms with E-state index < -0.39 is 0 Å². The highest BCUT2D eigenvalue weighted by molar-refractivity contribution is 5.72. The fourth-order valence-electron chi connectivity index (χ4n) is 8.64. The highest BCUT2D eigenvalue weighted by Crippen LogP contribution is 2.69. The molecular weight excluding hydrogens is 352 g/mol. The number of carbonyl (C=O) groups excluding carboxylic acids is 1. The Bertz CT molecular complexity index is 737. The van der Waals surface area contributed by atoms with E-state index in [9.17, 15) is 4.79 Å². The third-order valence-corrected chi connectivity index (χ3v) is 10.3. The first-order valence-corrected chi connectivity index (χ1v) is 11.6. The van der Waals surface area contributed by atoms with Gasteiger partial charge >= 0.3 is 5.97 Å². The Morgan fingerprint density at radius 2 is 1.75 bits per heavy atom. The second-order valence-corrected chi connectivity index (χ2v) is 11.0. The molecule has 0 N–H and O–H groups in total. The van der Waals surface area contributed by atoms with Crippen LogP contribution in [0.25, 0.3) is 0 Å². The predicted octanol–water partition coefficient (Wildman–Crippen LogP) is 4.77. The highest BCUT2D eigenvalue weighted by atomic mass is 16.7. The summed E-state index contributed by atoms with van der Waals surface area (Å²) in [6.07, 6.45) is 13.3. The van der Waals surface area contributed by atoms with Crippen molar-refractivity contribution in [3.05, 3.63) is 11.6 Å². The van der Waals surface area contributed by atoms with Crippen molar-refractivity contribution in [1.82, 2.24) is 0 Å². The number of hydrogen-bond acceptors (Lipinski definition) is 4. The molecule has 2 heterocycles. The van der Waals surface area contributed by atoms with Crippen molar-refractivity contribution in [3.8, 4) is 0 Å². The van der Waals surface area contributed by atoms with Crippen LogP contribution in [0.15, 0.2) is 11.6 Å². The van der Waals surface area contributed by atoms with Gasteiger partial charge in [0, 0.05) is 24.7 Å². The second kappa shape index (κ2) is 5.63. The lowest BCUT2D eigenvalue weighted by atomic mass is 9.46. The summed E-state index contributed by atoms with van der Waals surface area (Å²) >= 11 is 0. The lowest BCUT2D eigenvalue weighted by Crippen LogP contribution is -2.55. The van der Waals surface area contributed by atoms with Gasteiger partial charge in [0.1, 0.15) is 5.60 Å². The molecule has 0 aromatic rings. The van der Waals surface area contributed by atoms with Crippen LogP contribution in [0.3, 0.4) is 0 Å². The summed E-state index contributed by atoms with van der Waals surface area (Å²) in [6, 6.07) is 0. The van der Waals surface area contributed by atoms with Crippen molar-refractivity contribution in [3.63, 3.8) is 0 Å². The number of rotatable bonds is 0. The number of allylic oxidation sites excluding steroid dienone is 1. The Balaban J connectivity index is 1.31. The first kappa shape index (κ1) is 17.9. The molecule has 154 valence electrons. The Kier molecular flexibility index (Phi) is 3.61. The van der Waals surface area contributed by atoms with Crippen LogP contribution in [0.1, 0.15) is 78.1 Å². The first-order valence-electron chi connectivity index (χ1n) is 11.6. The van der Waals surface area contributed by atoms with Crippen LogP contribution in [0.2, 0.25) is 0 Å². The maximum atomic E-state index is 12.0. The SMILES string of the molecule is C[C@]12CCC3(CC1=CCC1C2CC[C@@]2(C)C1CC[C@@]21CCC(=O)O1)OCCO3. The van der Waals surface area contributed by atoms with Crippen molar-refractivity contribution in [2.75, 3.05) is 13.2 Å². The average molecular weight is 387 g/mol. The number of ether oxygens (including phenoxy) is 3. The number of carbonyl (C=O) groups is 1. The van der Waals surface area contributed by atoms with Crippen LogP contribution < -0.4 is 0 Å². The smallest absolute Gasteiger partial charge is 0.306 e. The third kappa shape index (κ3) is 2.12. The molecule has 2 aliphatic heterocycles. The molecule has 28 heavy (non-hydrogen) atoms. The van der Waals surface area contributed by atoms with Gasteiger partial charge in [-0.3, -0.25) is 4.79 Å². The average Bonchev–Trinajstić information content (AvgIpc) is 3.36. The second-order valence-electron chi connectivity index (χ2n) is 11.0. The highest BCUT2D eigenvalue weighted by Gasteiger charge is 2.67. The minimum absolute atomic E-state index is 0.0379. The van der Waals surface area contributed by atoms with E-state index in [0.717, 1.165) is 50.7 Å². The number of esters is 1. The van der Waals surface area contributed by atoms with Gasteiger partial charge < -0.3 is 14.2 Å². The topological polar surface area (TPSA) is 44.8 Å². The summed E-state index contributed by atoms with van der Waals surface area (Å²) in [4.78, 5) is 12.0. The van der Waals surface area contributed by atoms with Crippen LogP contribution in [0, 0.1) is 28.6 Å². The molecule has 4 heteroatoms. The lowest BCUT2D eigenvalue weighted by Gasteiger charge is -2.59. The molecule has 2 saturated heterocycles. The van der Waals surface area contributed by atoms with Gasteiger partial charge in [-0.15, -0.1) is 0 Å². The Labute approximate surface area is 168 Å². The van der Waals surface area contributed by atoms with E-state index in [-0.39, 0.29) is 22.8 Å². The number of fused-ring (bicyclic) bond motifs is 6. The maximum Gasteiger partial charge on any atom is 0.306 e. The van der Waals surface area contributed by atoms with Crippen molar-refractivity contribution >= 4 is 5.97 Å². The molecule has 0 bridgehead atoms. The van der Waals surface area contributed by atoms with Crippen molar-refractivity contribution in [2.45, 2.75) is 89.4 Å². The molecule has 0 aromatic carbocycles. The molecule has 0 amide bonds. The molecule has 4 aliphatic carbocycles. The lowest BCUT2D eigenvalue weighted by molar-refractivity contribution is -0.189. The molecular formula is C24H34O4. The standard InChI is InChI=1S/C24H34O4/c1-21-11-12-24(26-13-14-27-24)15-16(21)3-4-17-18(21)5-8-22(2)19(17)6-9-23(22)10-7-20(25)28-23/h3,17-19H,4-15H2,1-2H3/t17?,18?,19?,21-,22-,23+/m0/s1. The van der Waals surface area contributed by atoms with Gasteiger partial charge in [0.25, 0.3) is 0 Å². The fraction of sp³-hybridized carbons (Fsp3) is 0.875. The molecule has 6 aliphatic rings. The third-order valence-electron chi connectivity index (χ3n) is 10.3. The fourth-order valence-corrected chi connectivity index (χ4v) is 8.64. The summed E-state index contributed by atoms with van der Waals surface area (Å²) in [7, 11) is 0. The van der Waals surface area contributed by atoms with Crippen molar-refractivity contribution in [1.29, 1.82) is 0 Å². The predicted molar refractivity (Wildman–Crippen MR) is 104 cm³/mol. The van der Waals surface area contributed by atoms with Gasteiger partial charge in [-0.05, 0) is 68.1 Å². The Morgan fingerprint density at radius 3 is 2.50 bits per heavy atom.